The summed E-state index contributed by atoms with van der Waals surface area (Å²) in [6, 6.07) is 3.94. The number of nitrogens with zero attached hydrogens (tertiary/aromatic N) is 3. The summed E-state index contributed by atoms with van der Waals surface area (Å²) in [5.74, 6) is -2.23. The van der Waals surface area contributed by atoms with Crippen molar-refractivity contribution in [1.82, 2.24) is 4.98 Å². The third-order valence-corrected chi connectivity index (χ3v) is 6.56. The Morgan fingerprint density at radius 3 is 2.11 bits per heavy atom. The number of anilines is 2. The zero-order valence-corrected chi connectivity index (χ0v) is 23.2. The number of pyridine rings is 1. The minimum Gasteiger partial charge on any atom is -0.361 e. The van der Waals surface area contributed by atoms with Crippen LogP contribution in [-0.4, -0.2) is 35.7 Å². The van der Waals surface area contributed by atoms with Gasteiger partial charge in [0.25, 0.3) is 17.6 Å². The lowest BCUT2D eigenvalue weighted by molar-refractivity contribution is -0.348. The maximum atomic E-state index is 15.6. The molecule has 0 bridgehead atoms. The lowest BCUT2D eigenvalue weighted by atomic mass is 9.92. The predicted molar refractivity (Wildman–Crippen MR) is 139 cm³/mol. The van der Waals surface area contributed by atoms with Crippen molar-refractivity contribution >= 4 is 44.9 Å². The van der Waals surface area contributed by atoms with Crippen molar-refractivity contribution in [3.8, 4) is 12.3 Å². The van der Waals surface area contributed by atoms with E-state index in [1.165, 1.54) is 0 Å². The number of halogens is 12. The fourth-order valence-corrected chi connectivity index (χ4v) is 4.38. The molecule has 0 saturated heterocycles. The van der Waals surface area contributed by atoms with Crippen molar-refractivity contribution in [2.75, 3.05) is 16.8 Å². The van der Waals surface area contributed by atoms with Gasteiger partial charge < -0.3 is 10.2 Å². The minimum absolute atomic E-state index is 0.0914. The molecule has 6 nitrogen and oxygen atoms in total. The molecule has 0 unspecified atom stereocenters. The van der Waals surface area contributed by atoms with Crippen LogP contribution < -0.4 is 10.2 Å². The zero-order chi connectivity index (χ0) is 34.1. The van der Waals surface area contributed by atoms with Crippen LogP contribution in [0.1, 0.15) is 31.8 Å². The molecular formula is C27H12BrF11N4O2. The molecule has 0 aliphatic carbocycles. The highest BCUT2D eigenvalue weighted by Gasteiger charge is 2.73. The first-order chi connectivity index (χ1) is 20.7. The standard InChI is InChI=1S/C27H12BrF11N4O2/c1-3-9-43(23(45)13-7-8-19(40-2)41-12-13)18-6-4-5-15(20(18)29)22(44)42-21-16(25(31,32)33)10-14(11-17(21)28)24(30,26(34,35)36)27(37,38)39/h1,4-8,10-12H,9H2,(H,42,44). The molecule has 2 aromatic carbocycles. The molecular weight excluding hydrogens is 701 g/mol. The van der Waals surface area contributed by atoms with Gasteiger partial charge in [-0.3, -0.25) is 14.5 Å². The van der Waals surface area contributed by atoms with Gasteiger partial charge in [0, 0.05) is 10.0 Å². The van der Waals surface area contributed by atoms with Gasteiger partial charge in [-0.15, -0.1) is 11.4 Å². The predicted octanol–water partition coefficient (Wildman–Crippen LogP) is 8.37. The Morgan fingerprint density at radius 1 is 1.00 bits per heavy atom. The largest absolute Gasteiger partial charge is 0.435 e. The summed E-state index contributed by atoms with van der Waals surface area (Å²) < 4.78 is 150. The lowest BCUT2D eigenvalue weighted by Gasteiger charge is -2.31. The summed E-state index contributed by atoms with van der Waals surface area (Å²) in [4.78, 5) is 33.4. The number of benzene rings is 2. The quantitative estimate of drug-likeness (QED) is 0.159. The average molecular weight is 713 g/mol. The fraction of sp³-hybridized carbons (Fsp3) is 0.185. The molecule has 1 aromatic heterocycles. The highest BCUT2D eigenvalue weighted by Crippen LogP contribution is 2.55. The number of carbonyl (C=O) groups is 2. The minimum atomic E-state index is -6.75. The zero-order valence-electron chi connectivity index (χ0n) is 21.6. The molecule has 45 heavy (non-hydrogen) atoms. The first-order valence-corrected chi connectivity index (χ1v) is 12.4. The summed E-state index contributed by atoms with van der Waals surface area (Å²) in [6.07, 6.45) is -13.0. The molecule has 0 atom stereocenters. The second kappa shape index (κ2) is 12.4. The Hall–Kier alpha value is -4.71. The number of hydrogen-bond acceptors (Lipinski definition) is 3. The van der Waals surface area contributed by atoms with E-state index in [2.05, 4.69) is 31.7 Å². The summed E-state index contributed by atoms with van der Waals surface area (Å²) in [7, 11) is 0. The molecule has 0 radical (unpaired) electrons. The van der Waals surface area contributed by atoms with Crippen LogP contribution in [0.4, 0.5) is 65.5 Å². The van der Waals surface area contributed by atoms with E-state index in [1.54, 1.807) is 5.32 Å². The molecule has 2 amide bonds. The van der Waals surface area contributed by atoms with Crippen molar-refractivity contribution in [2.45, 2.75) is 24.2 Å². The van der Waals surface area contributed by atoms with E-state index in [9.17, 15) is 53.5 Å². The second-order valence-electron chi connectivity index (χ2n) is 8.74. The van der Waals surface area contributed by atoms with Gasteiger partial charge in [-0.05, 0) is 46.3 Å². The van der Waals surface area contributed by atoms with Crippen molar-refractivity contribution < 1.29 is 57.9 Å². The van der Waals surface area contributed by atoms with Crippen LogP contribution >= 0.6 is 15.9 Å². The molecule has 18 heteroatoms. The van der Waals surface area contributed by atoms with Crippen molar-refractivity contribution in [3.05, 3.63) is 92.6 Å². The van der Waals surface area contributed by atoms with E-state index in [1.807, 2.05) is 0 Å². The molecule has 0 aliphatic rings. The van der Waals surface area contributed by atoms with Gasteiger partial charge in [-0.2, -0.15) is 39.5 Å². The van der Waals surface area contributed by atoms with Crippen LogP contribution in [0.5, 0.6) is 0 Å². The van der Waals surface area contributed by atoms with E-state index in [0.29, 0.717) is 4.90 Å². The Labute approximate surface area is 253 Å². The molecule has 3 aromatic rings. The lowest BCUT2D eigenvalue weighted by Crippen LogP contribution is -2.50. The molecule has 1 N–H and O–H groups in total. The Kier molecular flexibility index (Phi) is 9.55. The maximum Gasteiger partial charge on any atom is 0.435 e. The first kappa shape index (κ1) is 34.8. The third-order valence-electron chi connectivity index (χ3n) is 5.93. The van der Waals surface area contributed by atoms with Gasteiger partial charge in [-0.1, -0.05) is 24.6 Å². The van der Waals surface area contributed by atoms with Gasteiger partial charge >= 0.3 is 24.2 Å². The highest BCUT2D eigenvalue weighted by atomic mass is 79.9. The number of alkyl halides is 10. The smallest absolute Gasteiger partial charge is 0.361 e. The van der Waals surface area contributed by atoms with E-state index in [0.717, 1.165) is 36.5 Å². The summed E-state index contributed by atoms with van der Waals surface area (Å²) in [5.41, 5.74) is -14.5. The number of terminal acetylenes is 1. The van der Waals surface area contributed by atoms with Crippen LogP contribution in [-0.2, 0) is 11.8 Å². The van der Waals surface area contributed by atoms with E-state index in [4.69, 9.17) is 13.0 Å². The van der Waals surface area contributed by atoms with E-state index in [-0.39, 0.29) is 17.4 Å². The molecule has 0 saturated carbocycles. The normalized spacial score (nSPS) is 12.2. The molecule has 0 spiro atoms. The van der Waals surface area contributed by atoms with Crippen LogP contribution in [0.15, 0.2) is 53.1 Å². The van der Waals surface area contributed by atoms with Gasteiger partial charge in [-0.25, -0.2) is 8.78 Å². The molecule has 1 heterocycles. The number of rotatable bonds is 6. The van der Waals surface area contributed by atoms with Gasteiger partial charge in [0.2, 0.25) is 0 Å². The van der Waals surface area contributed by atoms with Gasteiger partial charge in [0.05, 0.1) is 34.6 Å². The van der Waals surface area contributed by atoms with Crippen LogP contribution in [0.3, 0.4) is 0 Å². The number of hydrogen-bond donors (Lipinski definition) is 1. The molecule has 236 valence electrons. The molecule has 3 rings (SSSR count). The van der Waals surface area contributed by atoms with E-state index < -0.39 is 87.0 Å². The van der Waals surface area contributed by atoms with Crippen molar-refractivity contribution in [2.24, 2.45) is 0 Å². The number of amides is 2. The Balaban J connectivity index is 2.11. The first-order valence-electron chi connectivity index (χ1n) is 11.6. The van der Waals surface area contributed by atoms with Crippen LogP contribution in [0, 0.1) is 24.7 Å². The Bertz CT molecular complexity index is 1710. The molecule has 0 aliphatic heterocycles. The Morgan fingerprint density at radius 2 is 1.62 bits per heavy atom. The number of carbonyl (C=O) groups excluding carboxylic acids is 2. The van der Waals surface area contributed by atoms with Crippen molar-refractivity contribution in [3.63, 3.8) is 0 Å². The number of aromatic nitrogens is 1. The van der Waals surface area contributed by atoms with Crippen LogP contribution in [0.25, 0.3) is 4.85 Å². The summed E-state index contributed by atoms with van der Waals surface area (Å²) in [5, 5.41) is 1.56. The van der Waals surface area contributed by atoms with E-state index >= 15 is 4.39 Å². The number of nitrogens with one attached hydrogen (secondary N) is 1. The maximum absolute atomic E-state index is 15.6. The van der Waals surface area contributed by atoms with Crippen LogP contribution in [0.2, 0.25) is 0 Å². The topological polar surface area (TPSA) is 66.7 Å². The van der Waals surface area contributed by atoms with Gasteiger partial charge in [0.1, 0.15) is 6.20 Å². The third kappa shape index (κ3) is 6.70. The highest BCUT2D eigenvalue weighted by molar-refractivity contribution is 9.10. The van der Waals surface area contributed by atoms with Gasteiger partial charge in [0.15, 0.2) is 5.82 Å². The fourth-order valence-electron chi connectivity index (χ4n) is 3.82. The monoisotopic (exact) mass is 712 g/mol. The second-order valence-corrected chi connectivity index (χ2v) is 9.59. The summed E-state index contributed by atoms with van der Waals surface area (Å²) in [6.45, 7) is 6.30. The van der Waals surface area contributed by atoms with Crippen molar-refractivity contribution in [1.29, 1.82) is 0 Å². The SMILES string of the molecule is [C-]#[N+]c1ccc(C(=O)N(CC#C)c2cccc(C(=O)Nc3c(Br)cc(C(F)(C(F)(F)F)C(F)(F)F)cc3C(F)(F)F)c2F)cn1. The summed E-state index contributed by atoms with van der Waals surface area (Å²) >= 11 is 2.34. The average Bonchev–Trinajstić information content (AvgIpc) is 2.94. The molecule has 0 fully saturated rings.